The van der Waals surface area contributed by atoms with Gasteiger partial charge in [0.1, 0.15) is 0 Å². The molecule has 12 rings (SSSR count). The predicted molar refractivity (Wildman–Crippen MR) is 264 cm³/mol. The first-order valence-corrected chi connectivity index (χ1v) is 21.7. The molecule has 3 heterocycles. The highest BCUT2D eigenvalue weighted by Gasteiger charge is 2.20. The summed E-state index contributed by atoms with van der Waals surface area (Å²) >= 11 is 0. The van der Waals surface area contributed by atoms with Crippen molar-refractivity contribution in [3.63, 3.8) is 0 Å². The van der Waals surface area contributed by atoms with Crippen LogP contribution in [0.1, 0.15) is 23.5 Å². The van der Waals surface area contributed by atoms with Crippen LogP contribution in [0.25, 0.3) is 105 Å². The number of pyridine rings is 2. The Hall–Kier alpha value is -8.41. The lowest BCUT2D eigenvalue weighted by atomic mass is 9.85. The summed E-state index contributed by atoms with van der Waals surface area (Å²) in [5.74, 6) is 2.02. The van der Waals surface area contributed by atoms with E-state index in [9.17, 15) is 0 Å². The first-order chi connectivity index (χ1) is 31.7. The van der Waals surface area contributed by atoms with Crippen molar-refractivity contribution in [1.29, 1.82) is 0 Å². The molecule has 0 bridgehead atoms. The topological polar surface area (TPSA) is 64.5 Å². The summed E-state index contributed by atoms with van der Waals surface area (Å²) in [6, 6.07) is 62.3. The van der Waals surface area contributed by atoms with Crippen molar-refractivity contribution in [2.45, 2.75) is 12.3 Å². The average Bonchev–Trinajstić information content (AvgIpc) is 3.38. The van der Waals surface area contributed by atoms with Crippen LogP contribution in [0.3, 0.4) is 0 Å². The Bertz CT molecular complexity index is 3550. The molecule has 11 aromatic rings. The van der Waals surface area contributed by atoms with E-state index in [4.69, 9.17) is 15.0 Å². The van der Waals surface area contributed by atoms with Gasteiger partial charge in [-0.3, -0.25) is 9.97 Å². The molecule has 300 valence electrons. The number of fused-ring (bicyclic) bond motifs is 4. The summed E-state index contributed by atoms with van der Waals surface area (Å²) in [5.41, 5.74) is 10.8. The van der Waals surface area contributed by atoms with Crippen LogP contribution >= 0.6 is 0 Å². The minimum absolute atomic E-state index is 0.133. The third kappa shape index (κ3) is 6.99. The van der Waals surface area contributed by atoms with Crippen LogP contribution in [0.15, 0.2) is 219 Å². The molecule has 0 fully saturated rings. The Morgan fingerprint density at radius 1 is 0.359 bits per heavy atom. The lowest BCUT2D eigenvalue weighted by molar-refractivity contribution is 0.857. The third-order valence-corrected chi connectivity index (χ3v) is 12.6. The monoisotopic (exact) mass is 817 g/mol. The standard InChI is InChI=1S/C59H39N5/c1-3-11-44-29-46(27-21-38(44)9-1)57-62-58(47-28-22-39-10-2-4-12-45(39)30-47)64-59(63-57)52-32-50(40-17-23-42(24-18-40)55-36-60-34-48-13-5-7-15-53(48)55)31-51(33-52)41-19-25-43(26-20-41)56-37-61-35-49-14-6-8-16-54(49)56/h1-19,21-37,41H,20H2. The van der Waals surface area contributed by atoms with Crippen LogP contribution in [0.2, 0.25) is 0 Å². The van der Waals surface area contributed by atoms with E-state index in [2.05, 4.69) is 204 Å². The van der Waals surface area contributed by atoms with Crippen LogP contribution in [-0.4, -0.2) is 24.9 Å². The summed E-state index contributed by atoms with van der Waals surface area (Å²) in [6.07, 6.45) is 15.6. The van der Waals surface area contributed by atoms with Gasteiger partial charge < -0.3 is 0 Å². The fourth-order valence-electron chi connectivity index (χ4n) is 9.18. The molecule has 0 N–H and O–H groups in total. The van der Waals surface area contributed by atoms with Crippen LogP contribution in [0.5, 0.6) is 0 Å². The molecular formula is C59H39N5. The first-order valence-electron chi connectivity index (χ1n) is 21.7. The predicted octanol–water partition coefficient (Wildman–Crippen LogP) is 14.7. The van der Waals surface area contributed by atoms with Crippen molar-refractivity contribution in [3.05, 3.63) is 230 Å². The maximum atomic E-state index is 5.29. The van der Waals surface area contributed by atoms with E-state index >= 15 is 0 Å². The largest absolute Gasteiger partial charge is 0.263 e. The third-order valence-electron chi connectivity index (χ3n) is 12.6. The number of allylic oxidation sites excluding steroid dienone is 4. The van der Waals surface area contributed by atoms with E-state index in [0.717, 1.165) is 72.5 Å². The Kier molecular flexibility index (Phi) is 9.23. The molecule has 0 amide bonds. The maximum Gasteiger partial charge on any atom is 0.164 e. The molecule has 0 aliphatic heterocycles. The van der Waals surface area contributed by atoms with E-state index in [1.54, 1.807) is 0 Å². The van der Waals surface area contributed by atoms with Crippen LogP contribution in [0.4, 0.5) is 0 Å². The molecule has 0 saturated carbocycles. The fourth-order valence-corrected chi connectivity index (χ4v) is 9.18. The zero-order valence-electron chi connectivity index (χ0n) is 34.8. The smallest absolute Gasteiger partial charge is 0.164 e. The molecule has 0 spiro atoms. The highest BCUT2D eigenvalue weighted by Crippen LogP contribution is 2.39. The van der Waals surface area contributed by atoms with Crippen LogP contribution in [-0.2, 0) is 0 Å². The quantitative estimate of drug-likeness (QED) is 0.160. The SMILES string of the molecule is C1=CC(c2cc(-c3ccc(-c4cncc5ccccc45)cc3)cc(-c3nc(-c4ccc5ccccc5c4)nc(-c4ccc5ccccc5c4)n3)c2)CC=C1c1cncc2ccccc12. The second-order valence-corrected chi connectivity index (χ2v) is 16.5. The van der Waals surface area contributed by atoms with E-state index in [1.807, 2.05) is 24.8 Å². The van der Waals surface area contributed by atoms with Gasteiger partial charge in [-0.05, 0) is 90.8 Å². The highest BCUT2D eigenvalue weighted by atomic mass is 15.0. The van der Waals surface area contributed by atoms with E-state index in [1.165, 1.54) is 32.7 Å². The van der Waals surface area contributed by atoms with Crippen molar-refractivity contribution < 1.29 is 0 Å². The Morgan fingerprint density at radius 2 is 0.844 bits per heavy atom. The second-order valence-electron chi connectivity index (χ2n) is 16.5. The second kappa shape index (κ2) is 15.8. The minimum atomic E-state index is 0.133. The lowest BCUT2D eigenvalue weighted by Gasteiger charge is -2.20. The molecular weight excluding hydrogens is 779 g/mol. The van der Waals surface area contributed by atoms with Crippen LogP contribution < -0.4 is 0 Å². The number of nitrogens with zero attached hydrogens (tertiary/aromatic N) is 5. The highest BCUT2D eigenvalue weighted by molar-refractivity contribution is 5.97. The van der Waals surface area contributed by atoms with Gasteiger partial charge in [0.25, 0.3) is 0 Å². The van der Waals surface area contributed by atoms with Gasteiger partial charge in [-0.25, -0.2) is 15.0 Å². The number of benzene rings is 8. The van der Waals surface area contributed by atoms with Gasteiger partial charge in [-0.2, -0.15) is 0 Å². The number of hydrogen-bond acceptors (Lipinski definition) is 5. The molecule has 5 nitrogen and oxygen atoms in total. The molecule has 5 heteroatoms. The normalized spacial score (nSPS) is 13.8. The van der Waals surface area contributed by atoms with Crippen molar-refractivity contribution in [3.8, 4) is 56.4 Å². The van der Waals surface area contributed by atoms with E-state index < -0.39 is 0 Å². The van der Waals surface area contributed by atoms with Crippen molar-refractivity contribution in [1.82, 2.24) is 24.9 Å². The molecule has 0 saturated heterocycles. The van der Waals surface area contributed by atoms with Crippen molar-refractivity contribution >= 4 is 48.7 Å². The van der Waals surface area contributed by atoms with Crippen molar-refractivity contribution in [2.75, 3.05) is 0 Å². The molecule has 0 radical (unpaired) electrons. The van der Waals surface area contributed by atoms with Gasteiger partial charge in [0.15, 0.2) is 17.5 Å². The average molecular weight is 818 g/mol. The fraction of sp³-hybridized carbons (Fsp3) is 0.0339. The summed E-state index contributed by atoms with van der Waals surface area (Å²) in [5, 5.41) is 9.27. The summed E-state index contributed by atoms with van der Waals surface area (Å²) in [7, 11) is 0. The van der Waals surface area contributed by atoms with Crippen molar-refractivity contribution in [2.24, 2.45) is 0 Å². The van der Waals surface area contributed by atoms with Gasteiger partial charge >= 0.3 is 0 Å². The molecule has 1 aliphatic carbocycles. The minimum Gasteiger partial charge on any atom is -0.263 e. The summed E-state index contributed by atoms with van der Waals surface area (Å²) in [4.78, 5) is 24.9. The van der Waals surface area contributed by atoms with Gasteiger partial charge in [-0.15, -0.1) is 0 Å². The Labute approximate surface area is 370 Å². The van der Waals surface area contributed by atoms with Crippen LogP contribution in [0, 0.1) is 0 Å². The van der Waals surface area contributed by atoms with Gasteiger partial charge in [-0.1, -0.05) is 170 Å². The molecule has 1 unspecified atom stereocenters. The van der Waals surface area contributed by atoms with Gasteiger partial charge in [0, 0.05) is 69.3 Å². The van der Waals surface area contributed by atoms with Gasteiger partial charge in [0.2, 0.25) is 0 Å². The zero-order valence-corrected chi connectivity index (χ0v) is 34.8. The first kappa shape index (κ1) is 37.4. The Morgan fingerprint density at radius 3 is 1.44 bits per heavy atom. The van der Waals surface area contributed by atoms with E-state index in [-0.39, 0.29) is 5.92 Å². The lowest BCUT2D eigenvalue weighted by Crippen LogP contribution is -2.03. The summed E-state index contributed by atoms with van der Waals surface area (Å²) in [6.45, 7) is 0. The Balaban J connectivity index is 1.00. The molecule has 1 aliphatic rings. The number of aromatic nitrogens is 5. The molecule has 3 aromatic heterocycles. The zero-order chi connectivity index (χ0) is 42.4. The van der Waals surface area contributed by atoms with Gasteiger partial charge in [0.05, 0.1) is 0 Å². The maximum absolute atomic E-state index is 5.29. The number of hydrogen-bond donors (Lipinski definition) is 0. The molecule has 1 atom stereocenters. The molecule has 8 aromatic carbocycles. The molecule has 64 heavy (non-hydrogen) atoms. The number of rotatable bonds is 7. The summed E-state index contributed by atoms with van der Waals surface area (Å²) < 4.78 is 0. The van der Waals surface area contributed by atoms with E-state index in [0.29, 0.717) is 17.5 Å².